The molecule has 2 N–H and O–H groups in total. The van der Waals surface area contributed by atoms with Crippen molar-refractivity contribution in [3.63, 3.8) is 0 Å². The maximum Gasteiger partial charge on any atom is 0.412 e. The van der Waals surface area contributed by atoms with Crippen molar-refractivity contribution < 1.29 is 9.53 Å². The van der Waals surface area contributed by atoms with E-state index in [4.69, 9.17) is 9.72 Å². The van der Waals surface area contributed by atoms with Crippen LogP contribution in [0.5, 0.6) is 5.75 Å². The van der Waals surface area contributed by atoms with Crippen LogP contribution < -0.4 is 15.4 Å². The Balaban J connectivity index is 1.23. The van der Waals surface area contributed by atoms with Gasteiger partial charge in [-0.25, -0.2) is 9.78 Å². The second kappa shape index (κ2) is 14.2. The molecule has 6 rings (SSSR count). The number of amides is 1. The van der Waals surface area contributed by atoms with Gasteiger partial charge in [0.1, 0.15) is 5.75 Å². The van der Waals surface area contributed by atoms with Gasteiger partial charge in [0.15, 0.2) is 0 Å². The first-order valence-corrected chi connectivity index (χ1v) is 16.1. The number of pyridine rings is 1. The summed E-state index contributed by atoms with van der Waals surface area (Å²) < 4.78 is 6.27. The van der Waals surface area contributed by atoms with E-state index in [1.54, 1.807) is 0 Å². The molecule has 0 unspecified atom stereocenters. The van der Waals surface area contributed by atoms with Crippen molar-refractivity contribution in [1.82, 2.24) is 20.5 Å². The molecule has 0 spiro atoms. The summed E-state index contributed by atoms with van der Waals surface area (Å²) in [5, 5.41) is 7.86. The van der Waals surface area contributed by atoms with Gasteiger partial charge >= 0.3 is 6.09 Å². The highest BCUT2D eigenvalue weighted by atomic mass is 16.6. The number of benzene rings is 3. The molecule has 43 heavy (non-hydrogen) atoms. The Labute approximate surface area is 255 Å². The number of hydrogen-bond donors (Lipinski definition) is 2. The van der Waals surface area contributed by atoms with Crippen LogP contribution in [0.25, 0.3) is 22.2 Å². The van der Waals surface area contributed by atoms with Crippen molar-refractivity contribution >= 4 is 17.0 Å². The van der Waals surface area contributed by atoms with Crippen LogP contribution in [-0.2, 0) is 13.1 Å². The quantitative estimate of drug-likeness (QED) is 0.214. The van der Waals surface area contributed by atoms with Crippen molar-refractivity contribution in [3.8, 4) is 17.0 Å². The minimum absolute atomic E-state index is 0.0807. The molecule has 1 aliphatic heterocycles. The van der Waals surface area contributed by atoms with Crippen LogP contribution in [0.2, 0.25) is 0 Å². The topological polar surface area (TPSA) is 66.5 Å². The molecule has 3 aromatic carbocycles. The minimum Gasteiger partial charge on any atom is -0.409 e. The van der Waals surface area contributed by atoms with Crippen LogP contribution in [0.3, 0.4) is 0 Å². The zero-order valence-corrected chi connectivity index (χ0v) is 25.3. The van der Waals surface area contributed by atoms with Gasteiger partial charge in [-0.15, -0.1) is 0 Å². The summed E-state index contributed by atoms with van der Waals surface area (Å²) in [7, 11) is 0. The highest BCUT2D eigenvalue weighted by molar-refractivity contribution is 5.92. The fourth-order valence-electron chi connectivity index (χ4n) is 6.78. The normalized spacial score (nSPS) is 17.5. The van der Waals surface area contributed by atoms with E-state index >= 15 is 0 Å². The van der Waals surface area contributed by atoms with E-state index in [9.17, 15) is 4.79 Å². The van der Waals surface area contributed by atoms with Crippen LogP contribution in [0.4, 0.5) is 4.79 Å². The molecule has 4 aromatic rings. The fraction of sp³-hybridized carbons (Fsp3) is 0.405. The van der Waals surface area contributed by atoms with Crippen LogP contribution >= 0.6 is 0 Å². The van der Waals surface area contributed by atoms with E-state index in [1.807, 2.05) is 42.5 Å². The van der Waals surface area contributed by atoms with E-state index in [0.29, 0.717) is 24.3 Å². The van der Waals surface area contributed by atoms with Gasteiger partial charge in [-0.05, 0) is 69.3 Å². The van der Waals surface area contributed by atoms with Crippen LogP contribution in [0.1, 0.15) is 63.0 Å². The molecule has 1 aromatic heterocycles. The summed E-state index contributed by atoms with van der Waals surface area (Å²) in [6.07, 6.45) is 7.86. The number of likely N-dealkylation sites (tertiary alicyclic amines) is 1. The number of nitrogens with zero attached hydrogens (tertiary/aromatic N) is 2. The first-order valence-electron chi connectivity index (χ1n) is 16.1. The zero-order chi connectivity index (χ0) is 29.4. The molecule has 0 radical (unpaired) electrons. The number of hydrogen-bond acceptors (Lipinski definition) is 5. The van der Waals surface area contributed by atoms with E-state index in [-0.39, 0.29) is 12.1 Å². The number of aromatic nitrogens is 1. The van der Waals surface area contributed by atoms with Crippen molar-refractivity contribution in [2.75, 3.05) is 13.1 Å². The Morgan fingerprint density at radius 2 is 1.56 bits per heavy atom. The molecule has 1 saturated carbocycles. The minimum atomic E-state index is -0.385. The number of fused-ring (bicyclic) bond motifs is 1. The number of nitrogens with one attached hydrogen (secondary N) is 2. The van der Waals surface area contributed by atoms with E-state index in [0.717, 1.165) is 73.0 Å². The molecular weight excluding hydrogens is 532 g/mol. The van der Waals surface area contributed by atoms with Gasteiger partial charge in [0.05, 0.1) is 11.2 Å². The molecule has 224 valence electrons. The molecule has 1 saturated heterocycles. The van der Waals surface area contributed by atoms with Crippen molar-refractivity contribution in [1.29, 1.82) is 0 Å². The molecule has 1 amide bonds. The lowest BCUT2D eigenvalue weighted by atomic mass is 9.85. The SMILES string of the molecule is C[C@H](NC(=O)Oc1c(CNC2CCN(Cc3ccccc3)CC2)c(-c2ccccc2)nc2ccccc12)C1CCCCC1. The Morgan fingerprint density at radius 3 is 2.30 bits per heavy atom. The number of ether oxygens (including phenoxy) is 1. The third-order valence-electron chi connectivity index (χ3n) is 9.29. The number of carbonyl (C=O) groups is 1. The number of rotatable bonds is 9. The average Bonchev–Trinajstić information content (AvgIpc) is 3.06. The van der Waals surface area contributed by atoms with Gasteiger partial charge in [-0.1, -0.05) is 92.1 Å². The Bertz CT molecular complexity index is 1480. The number of piperidine rings is 1. The van der Waals surface area contributed by atoms with Gasteiger partial charge in [0.25, 0.3) is 0 Å². The Morgan fingerprint density at radius 1 is 0.884 bits per heavy atom. The molecular formula is C37H44N4O2. The molecule has 2 fully saturated rings. The summed E-state index contributed by atoms with van der Waals surface area (Å²) in [5.74, 6) is 1.11. The standard InChI is InChI=1S/C37H44N4O2/c1-27(29-15-7-3-8-16-29)39-37(42)43-36-32-19-11-12-20-34(32)40-35(30-17-9-4-10-18-30)33(36)25-38-31-21-23-41(24-22-31)26-28-13-5-2-6-14-28/h2,4-6,9-14,17-20,27,29,31,38H,3,7-8,15-16,21-26H2,1H3,(H,39,42)/t27-/m0/s1. The third-order valence-corrected chi connectivity index (χ3v) is 9.29. The molecule has 1 aliphatic carbocycles. The van der Waals surface area contributed by atoms with Gasteiger partial charge in [0, 0.05) is 41.7 Å². The van der Waals surface area contributed by atoms with Gasteiger partial charge in [-0.3, -0.25) is 4.90 Å². The lowest BCUT2D eigenvalue weighted by molar-refractivity contribution is 0.185. The van der Waals surface area contributed by atoms with E-state index in [1.165, 1.54) is 24.8 Å². The highest BCUT2D eigenvalue weighted by Crippen LogP contribution is 2.36. The third kappa shape index (κ3) is 7.43. The average molecular weight is 577 g/mol. The van der Waals surface area contributed by atoms with E-state index in [2.05, 4.69) is 64.9 Å². The first kappa shape index (κ1) is 29.3. The smallest absolute Gasteiger partial charge is 0.409 e. The maximum absolute atomic E-state index is 13.4. The highest BCUT2D eigenvalue weighted by Gasteiger charge is 2.26. The maximum atomic E-state index is 13.4. The summed E-state index contributed by atoms with van der Waals surface area (Å²) in [6.45, 7) is 5.79. The van der Waals surface area contributed by atoms with Crippen LogP contribution in [-0.4, -0.2) is 41.2 Å². The van der Waals surface area contributed by atoms with Gasteiger partial charge < -0.3 is 15.4 Å². The lowest BCUT2D eigenvalue weighted by Crippen LogP contribution is -2.42. The fourth-order valence-corrected chi connectivity index (χ4v) is 6.78. The zero-order valence-electron chi connectivity index (χ0n) is 25.3. The molecule has 1 atom stereocenters. The second-order valence-electron chi connectivity index (χ2n) is 12.3. The number of para-hydroxylation sites is 1. The van der Waals surface area contributed by atoms with Gasteiger partial charge in [0.2, 0.25) is 0 Å². The Hall–Kier alpha value is -3.74. The molecule has 0 bridgehead atoms. The summed E-state index contributed by atoms with van der Waals surface area (Å²) >= 11 is 0. The number of carbonyl (C=O) groups excluding carboxylic acids is 1. The predicted molar refractivity (Wildman–Crippen MR) is 174 cm³/mol. The summed E-state index contributed by atoms with van der Waals surface area (Å²) in [5.41, 5.74) is 4.99. The van der Waals surface area contributed by atoms with Crippen LogP contribution in [0.15, 0.2) is 84.9 Å². The Kier molecular flexibility index (Phi) is 9.66. The van der Waals surface area contributed by atoms with Gasteiger partial charge in [-0.2, -0.15) is 0 Å². The lowest BCUT2D eigenvalue weighted by Gasteiger charge is -2.33. The molecule has 2 heterocycles. The monoisotopic (exact) mass is 576 g/mol. The van der Waals surface area contributed by atoms with E-state index < -0.39 is 0 Å². The van der Waals surface area contributed by atoms with Crippen molar-refractivity contribution in [2.45, 2.75) is 77.0 Å². The molecule has 6 heteroatoms. The molecule has 2 aliphatic rings. The largest absolute Gasteiger partial charge is 0.412 e. The van der Waals surface area contributed by atoms with Crippen molar-refractivity contribution in [2.24, 2.45) is 5.92 Å². The van der Waals surface area contributed by atoms with Crippen molar-refractivity contribution in [3.05, 3.63) is 96.1 Å². The first-order chi connectivity index (χ1) is 21.1. The summed E-state index contributed by atoms with van der Waals surface area (Å²) in [6, 6.07) is 29.4. The second-order valence-corrected chi connectivity index (χ2v) is 12.3. The summed E-state index contributed by atoms with van der Waals surface area (Å²) in [4.78, 5) is 21.1. The molecule has 6 nitrogen and oxygen atoms in total. The predicted octanol–water partition coefficient (Wildman–Crippen LogP) is 7.71. The van der Waals surface area contributed by atoms with Crippen LogP contribution in [0, 0.1) is 5.92 Å².